The first kappa shape index (κ1) is 32.2. The van der Waals surface area contributed by atoms with Gasteiger partial charge >= 0.3 is 5.97 Å². The third-order valence-corrected chi connectivity index (χ3v) is 6.43. The van der Waals surface area contributed by atoms with Crippen molar-refractivity contribution in [2.24, 2.45) is 11.8 Å². The van der Waals surface area contributed by atoms with Crippen molar-refractivity contribution in [1.29, 1.82) is 0 Å². The van der Waals surface area contributed by atoms with E-state index in [2.05, 4.69) is 34.3 Å². The van der Waals surface area contributed by atoms with Crippen molar-refractivity contribution in [1.82, 2.24) is 20.4 Å². The molecule has 10 heteroatoms. The molecule has 0 fully saturated rings. The van der Waals surface area contributed by atoms with E-state index in [4.69, 9.17) is 9.47 Å². The molecule has 0 bridgehead atoms. The monoisotopic (exact) mass is 578 g/mol. The highest BCUT2D eigenvalue weighted by Crippen LogP contribution is 2.39. The summed E-state index contributed by atoms with van der Waals surface area (Å²) in [4.78, 5) is 37.4. The Morgan fingerprint density at radius 2 is 1.64 bits per heavy atom. The zero-order chi connectivity index (χ0) is 30.6. The smallest absolute Gasteiger partial charge is 0.325 e. The van der Waals surface area contributed by atoms with E-state index in [0.717, 1.165) is 5.56 Å². The van der Waals surface area contributed by atoms with E-state index >= 15 is 0 Å². The van der Waals surface area contributed by atoms with Crippen molar-refractivity contribution in [2.75, 3.05) is 20.8 Å². The Balaban J connectivity index is 1.91. The van der Waals surface area contributed by atoms with Crippen LogP contribution >= 0.6 is 0 Å². The van der Waals surface area contributed by atoms with Crippen LogP contribution < -0.4 is 20.1 Å². The van der Waals surface area contributed by atoms with E-state index in [0.29, 0.717) is 42.3 Å². The van der Waals surface area contributed by atoms with Crippen LogP contribution in [0.1, 0.15) is 56.6 Å². The van der Waals surface area contributed by atoms with Crippen LogP contribution in [0, 0.1) is 11.8 Å². The maximum absolute atomic E-state index is 13.5. The molecule has 0 aliphatic heterocycles. The number of carbonyl (C=O) groups is 3. The Bertz CT molecular complexity index is 1340. The highest BCUT2D eigenvalue weighted by atomic mass is 16.5. The molecule has 226 valence electrons. The molecule has 1 heterocycles. The van der Waals surface area contributed by atoms with E-state index < -0.39 is 17.9 Å². The molecule has 42 heavy (non-hydrogen) atoms. The third-order valence-electron chi connectivity index (χ3n) is 6.43. The van der Waals surface area contributed by atoms with Gasteiger partial charge in [-0.1, -0.05) is 64.1 Å². The fourth-order valence-electron chi connectivity index (χ4n) is 4.56. The lowest BCUT2D eigenvalue weighted by atomic mass is 10.0. The van der Waals surface area contributed by atoms with Gasteiger partial charge in [-0.2, -0.15) is 5.10 Å². The zero-order valence-electron chi connectivity index (χ0n) is 25.3. The van der Waals surface area contributed by atoms with Gasteiger partial charge in [-0.15, -0.1) is 0 Å². The lowest BCUT2D eigenvalue weighted by Crippen LogP contribution is -2.41. The molecule has 1 aromatic heterocycles. The van der Waals surface area contributed by atoms with Crippen LogP contribution in [-0.4, -0.2) is 54.4 Å². The Morgan fingerprint density at radius 1 is 0.929 bits per heavy atom. The predicted octanol–water partition coefficient (Wildman–Crippen LogP) is 4.62. The molecule has 0 radical (unpaired) electrons. The second kappa shape index (κ2) is 15.6. The first-order valence-electron chi connectivity index (χ1n) is 14.2. The Morgan fingerprint density at radius 3 is 2.29 bits per heavy atom. The van der Waals surface area contributed by atoms with Gasteiger partial charge in [0.25, 0.3) is 5.91 Å². The van der Waals surface area contributed by atoms with Crippen molar-refractivity contribution in [3.8, 4) is 22.8 Å². The van der Waals surface area contributed by atoms with Crippen molar-refractivity contribution in [3.05, 3.63) is 65.9 Å². The number of amides is 2. The van der Waals surface area contributed by atoms with Gasteiger partial charge in [0.2, 0.25) is 5.91 Å². The maximum atomic E-state index is 13.5. The normalized spacial score (nSPS) is 11.7. The molecule has 1 atom stereocenters. The number of ether oxygens (including phenoxy) is 3. The summed E-state index contributed by atoms with van der Waals surface area (Å²) < 4.78 is 18.4. The number of rotatable bonds is 15. The third kappa shape index (κ3) is 9.36. The van der Waals surface area contributed by atoms with E-state index in [1.54, 1.807) is 17.9 Å². The van der Waals surface area contributed by atoms with Gasteiger partial charge in [-0.05, 0) is 42.0 Å². The maximum Gasteiger partial charge on any atom is 0.325 e. The predicted molar refractivity (Wildman–Crippen MR) is 160 cm³/mol. The Labute approximate surface area is 247 Å². The van der Waals surface area contributed by atoms with Gasteiger partial charge in [0.1, 0.15) is 24.7 Å². The van der Waals surface area contributed by atoms with E-state index in [9.17, 15) is 14.4 Å². The SMILES string of the molecule is COC(=O)CNC(=O)C[C@H](CC(C)C)NC(=O)c1cc(-c2c(OC)cccc2OCc2ccccc2)n(CC(C)C)n1. The lowest BCUT2D eigenvalue weighted by molar-refractivity contribution is -0.141. The molecule has 3 rings (SSSR count). The molecule has 0 aliphatic rings. The van der Waals surface area contributed by atoms with Crippen molar-refractivity contribution < 1.29 is 28.6 Å². The number of hydrogen-bond acceptors (Lipinski definition) is 7. The molecule has 2 amide bonds. The molecule has 0 saturated heterocycles. The van der Waals surface area contributed by atoms with Crippen LogP contribution in [0.4, 0.5) is 0 Å². The second-order valence-electron chi connectivity index (χ2n) is 11.0. The average Bonchev–Trinajstić information content (AvgIpc) is 3.37. The molecular formula is C32H42N4O6. The molecule has 0 spiro atoms. The topological polar surface area (TPSA) is 121 Å². The second-order valence-corrected chi connectivity index (χ2v) is 11.0. The van der Waals surface area contributed by atoms with Gasteiger partial charge in [0, 0.05) is 19.0 Å². The fraction of sp³-hybridized carbons (Fsp3) is 0.438. The van der Waals surface area contributed by atoms with Crippen LogP contribution in [0.15, 0.2) is 54.6 Å². The number of hydrogen-bond donors (Lipinski definition) is 2. The molecule has 2 N–H and O–H groups in total. The number of nitrogens with zero attached hydrogens (tertiary/aromatic N) is 2. The largest absolute Gasteiger partial charge is 0.496 e. The first-order valence-corrected chi connectivity index (χ1v) is 14.2. The minimum Gasteiger partial charge on any atom is -0.496 e. The number of esters is 1. The van der Waals surface area contributed by atoms with Crippen LogP contribution in [0.5, 0.6) is 11.5 Å². The summed E-state index contributed by atoms with van der Waals surface area (Å²) >= 11 is 0. The summed E-state index contributed by atoms with van der Waals surface area (Å²) in [7, 11) is 2.85. The molecule has 0 aliphatic carbocycles. The number of methoxy groups -OCH3 is 2. The minimum atomic E-state index is -0.542. The molecule has 0 unspecified atom stereocenters. The van der Waals surface area contributed by atoms with Crippen LogP contribution in [0.3, 0.4) is 0 Å². The fourth-order valence-corrected chi connectivity index (χ4v) is 4.56. The summed E-state index contributed by atoms with van der Waals surface area (Å²) in [5, 5.41) is 10.2. The highest BCUT2D eigenvalue weighted by molar-refractivity contribution is 5.94. The van der Waals surface area contributed by atoms with Gasteiger partial charge in [0.05, 0.1) is 25.5 Å². The first-order chi connectivity index (χ1) is 20.1. The molecule has 2 aromatic carbocycles. The minimum absolute atomic E-state index is 0.0183. The van der Waals surface area contributed by atoms with Gasteiger partial charge in [-0.3, -0.25) is 19.1 Å². The number of carbonyl (C=O) groups excluding carboxylic acids is 3. The van der Waals surface area contributed by atoms with Crippen LogP contribution in [0.2, 0.25) is 0 Å². The molecule has 10 nitrogen and oxygen atoms in total. The Hall–Kier alpha value is -4.34. The van der Waals surface area contributed by atoms with Gasteiger partial charge in [-0.25, -0.2) is 0 Å². The average molecular weight is 579 g/mol. The summed E-state index contributed by atoms with van der Waals surface area (Å²) in [6.45, 7) is 8.87. The van der Waals surface area contributed by atoms with Gasteiger partial charge < -0.3 is 24.8 Å². The van der Waals surface area contributed by atoms with Crippen molar-refractivity contribution in [3.63, 3.8) is 0 Å². The number of benzene rings is 2. The highest BCUT2D eigenvalue weighted by Gasteiger charge is 2.25. The van der Waals surface area contributed by atoms with Crippen LogP contribution in [0.25, 0.3) is 11.3 Å². The summed E-state index contributed by atoms with van der Waals surface area (Å²) in [5.74, 6) is 0.371. The number of aromatic nitrogens is 2. The van der Waals surface area contributed by atoms with Crippen molar-refractivity contribution >= 4 is 17.8 Å². The summed E-state index contributed by atoms with van der Waals surface area (Å²) in [6, 6.07) is 16.7. The van der Waals surface area contributed by atoms with Crippen LogP contribution in [-0.2, 0) is 27.5 Å². The van der Waals surface area contributed by atoms with Crippen molar-refractivity contribution in [2.45, 2.75) is 59.7 Å². The zero-order valence-corrected chi connectivity index (χ0v) is 25.3. The van der Waals surface area contributed by atoms with E-state index in [-0.39, 0.29) is 36.4 Å². The van der Waals surface area contributed by atoms with E-state index in [1.807, 2.05) is 62.4 Å². The summed E-state index contributed by atoms with van der Waals surface area (Å²) in [5.41, 5.74) is 2.62. The summed E-state index contributed by atoms with van der Waals surface area (Å²) in [6.07, 6.45) is 0.589. The number of nitrogens with one attached hydrogen (secondary N) is 2. The van der Waals surface area contributed by atoms with Gasteiger partial charge in [0.15, 0.2) is 5.69 Å². The standard InChI is InChI=1S/C32H42N4O6/c1-21(2)15-24(16-29(37)33-18-30(38)41-6)34-32(39)25-17-26(36(35-25)19-22(3)4)31-27(40-5)13-10-14-28(31)42-20-23-11-8-7-9-12-23/h7-14,17,21-22,24H,15-16,18-20H2,1-6H3,(H,33,37)(H,34,39)/t24-/m0/s1. The Kier molecular flexibility index (Phi) is 12.0. The quantitative estimate of drug-likeness (QED) is 0.253. The lowest BCUT2D eigenvalue weighted by Gasteiger charge is -2.19. The molecule has 0 saturated carbocycles. The molecule has 3 aromatic rings. The van der Waals surface area contributed by atoms with E-state index in [1.165, 1.54) is 7.11 Å². The molecular weight excluding hydrogens is 536 g/mol.